The molecular formula is C7H14N2. The van der Waals surface area contributed by atoms with Gasteiger partial charge in [0.15, 0.2) is 0 Å². The van der Waals surface area contributed by atoms with E-state index in [-0.39, 0.29) is 0 Å². The van der Waals surface area contributed by atoms with Crippen molar-refractivity contribution >= 4 is 0 Å². The molecule has 2 N–H and O–H groups in total. The van der Waals surface area contributed by atoms with Crippen molar-refractivity contribution in [2.75, 3.05) is 20.6 Å². The Morgan fingerprint density at radius 3 is 2.56 bits per heavy atom. The highest BCUT2D eigenvalue weighted by atomic mass is 14.8. The minimum absolute atomic E-state index is 0.925. The molecule has 0 bridgehead atoms. The fourth-order valence-electron chi connectivity index (χ4n) is 0.416. The van der Waals surface area contributed by atoms with E-state index in [0.717, 1.165) is 6.54 Å². The van der Waals surface area contributed by atoms with Crippen LogP contribution in [0.5, 0.6) is 0 Å². The summed E-state index contributed by atoms with van der Waals surface area (Å²) in [6.07, 6.45) is 7.88. The molecule has 0 radical (unpaired) electrons. The van der Waals surface area contributed by atoms with Gasteiger partial charge in [0.1, 0.15) is 0 Å². The smallest absolute Gasteiger partial charge is 0.0134 e. The summed E-state index contributed by atoms with van der Waals surface area (Å²) in [6.45, 7) is 0.925. The summed E-state index contributed by atoms with van der Waals surface area (Å²) in [5.74, 6) is 0. The molecule has 0 aromatic carbocycles. The van der Waals surface area contributed by atoms with E-state index in [2.05, 4.69) is 10.6 Å². The molecule has 0 saturated carbocycles. The highest BCUT2D eigenvalue weighted by Crippen LogP contribution is 1.71. The van der Waals surface area contributed by atoms with Crippen LogP contribution >= 0.6 is 0 Å². The molecule has 0 aliphatic heterocycles. The second kappa shape index (κ2) is 7.24. The van der Waals surface area contributed by atoms with E-state index in [1.54, 1.807) is 0 Å². The Kier molecular flexibility index (Phi) is 6.63. The van der Waals surface area contributed by atoms with Gasteiger partial charge in [-0.3, -0.25) is 0 Å². The molecular weight excluding hydrogens is 112 g/mol. The lowest BCUT2D eigenvalue weighted by atomic mass is 10.5. The Morgan fingerprint density at radius 1 is 1.22 bits per heavy atom. The third-order valence-corrected chi connectivity index (χ3v) is 0.832. The molecule has 0 aromatic rings. The van der Waals surface area contributed by atoms with E-state index in [4.69, 9.17) is 0 Å². The first kappa shape index (κ1) is 8.24. The zero-order valence-electron chi connectivity index (χ0n) is 6.02. The number of hydrogen-bond donors (Lipinski definition) is 2. The van der Waals surface area contributed by atoms with Crippen LogP contribution in [0.3, 0.4) is 0 Å². The van der Waals surface area contributed by atoms with Crippen LogP contribution in [-0.2, 0) is 0 Å². The molecule has 0 aliphatic rings. The molecule has 0 heterocycles. The van der Waals surface area contributed by atoms with E-state index in [9.17, 15) is 0 Å². The number of nitrogens with one attached hydrogen (secondary N) is 2. The maximum absolute atomic E-state index is 3.00. The monoisotopic (exact) mass is 126 g/mol. The van der Waals surface area contributed by atoms with E-state index in [0.29, 0.717) is 0 Å². The number of hydrogen-bond acceptors (Lipinski definition) is 2. The Morgan fingerprint density at radius 2 is 2.00 bits per heavy atom. The van der Waals surface area contributed by atoms with E-state index >= 15 is 0 Å². The van der Waals surface area contributed by atoms with Crippen molar-refractivity contribution in [3.05, 3.63) is 24.4 Å². The summed E-state index contributed by atoms with van der Waals surface area (Å²) in [6, 6.07) is 0. The van der Waals surface area contributed by atoms with Gasteiger partial charge in [0.05, 0.1) is 0 Å². The van der Waals surface area contributed by atoms with Crippen LogP contribution in [0.1, 0.15) is 0 Å². The molecule has 0 rings (SSSR count). The van der Waals surface area contributed by atoms with Crippen LogP contribution in [0.4, 0.5) is 0 Å². The van der Waals surface area contributed by atoms with Gasteiger partial charge in [0.25, 0.3) is 0 Å². The summed E-state index contributed by atoms with van der Waals surface area (Å²) >= 11 is 0. The molecule has 0 fully saturated rings. The molecule has 0 saturated heterocycles. The fourth-order valence-corrected chi connectivity index (χ4v) is 0.416. The third-order valence-electron chi connectivity index (χ3n) is 0.832. The number of allylic oxidation sites excluding steroid dienone is 2. The molecule has 9 heavy (non-hydrogen) atoms. The zero-order valence-corrected chi connectivity index (χ0v) is 6.02. The third kappa shape index (κ3) is 7.24. The average molecular weight is 126 g/mol. The molecule has 0 spiro atoms. The zero-order chi connectivity index (χ0) is 6.95. The SMILES string of the molecule is CNC=CC=CCNC. The lowest BCUT2D eigenvalue weighted by Crippen LogP contribution is -2.03. The minimum atomic E-state index is 0.925. The van der Waals surface area contributed by atoms with Crippen LogP contribution in [-0.4, -0.2) is 20.6 Å². The molecule has 52 valence electrons. The van der Waals surface area contributed by atoms with Crippen LogP contribution in [0.15, 0.2) is 24.4 Å². The standard InChI is InChI=1S/C7H14N2/c1-8-6-4-3-5-7-9-2/h3-6,8-9H,7H2,1-2H3. The quantitative estimate of drug-likeness (QED) is 0.536. The Hall–Kier alpha value is -0.760. The molecule has 0 aliphatic carbocycles. The van der Waals surface area contributed by atoms with Crippen molar-refractivity contribution in [2.24, 2.45) is 0 Å². The van der Waals surface area contributed by atoms with E-state index in [1.807, 2.05) is 38.5 Å². The molecule has 2 heteroatoms. The first-order valence-corrected chi connectivity index (χ1v) is 3.05. The van der Waals surface area contributed by atoms with Gasteiger partial charge in [-0.2, -0.15) is 0 Å². The first-order chi connectivity index (χ1) is 4.41. The lowest BCUT2D eigenvalue weighted by Gasteiger charge is -1.84. The Labute approximate surface area is 56.6 Å². The van der Waals surface area contributed by atoms with E-state index in [1.165, 1.54) is 0 Å². The van der Waals surface area contributed by atoms with Gasteiger partial charge in [-0.15, -0.1) is 0 Å². The van der Waals surface area contributed by atoms with Crippen molar-refractivity contribution in [2.45, 2.75) is 0 Å². The number of likely N-dealkylation sites (N-methyl/N-ethyl adjacent to an activating group) is 1. The molecule has 0 unspecified atom stereocenters. The van der Waals surface area contributed by atoms with Gasteiger partial charge in [-0.25, -0.2) is 0 Å². The van der Waals surface area contributed by atoms with Gasteiger partial charge in [0.2, 0.25) is 0 Å². The predicted molar refractivity (Wildman–Crippen MR) is 41.3 cm³/mol. The summed E-state index contributed by atoms with van der Waals surface area (Å²) in [5, 5.41) is 5.90. The van der Waals surface area contributed by atoms with Gasteiger partial charge >= 0.3 is 0 Å². The molecule has 0 aromatic heterocycles. The fraction of sp³-hybridized carbons (Fsp3) is 0.429. The molecule has 0 amide bonds. The summed E-state index contributed by atoms with van der Waals surface area (Å²) in [7, 11) is 3.80. The van der Waals surface area contributed by atoms with Crippen molar-refractivity contribution in [3.8, 4) is 0 Å². The molecule has 2 nitrogen and oxygen atoms in total. The van der Waals surface area contributed by atoms with Crippen LogP contribution in [0.25, 0.3) is 0 Å². The van der Waals surface area contributed by atoms with Crippen LogP contribution in [0.2, 0.25) is 0 Å². The summed E-state index contributed by atoms with van der Waals surface area (Å²) in [4.78, 5) is 0. The second-order valence-electron chi connectivity index (χ2n) is 1.63. The van der Waals surface area contributed by atoms with Crippen molar-refractivity contribution in [3.63, 3.8) is 0 Å². The van der Waals surface area contributed by atoms with Crippen LogP contribution in [0, 0.1) is 0 Å². The van der Waals surface area contributed by atoms with Gasteiger partial charge in [-0.05, 0) is 19.3 Å². The predicted octanol–water partition coefficient (Wildman–Crippen LogP) is 0.495. The summed E-state index contributed by atoms with van der Waals surface area (Å²) < 4.78 is 0. The Balaban J connectivity index is 3.13. The maximum Gasteiger partial charge on any atom is 0.0134 e. The normalized spacial score (nSPS) is 11.3. The Bertz CT molecular complexity index is 95.1. The number of rotatable bonds is 4. The van der Waals surface area contributed by atoms with E-state index < -0.39 is 0 Å². The first-order valence-electron chi connectivity index (χ1n) is 3.05. The largest absolute Gasteiger partial charge is 0.394 e. The second-order valence-corrected chi connectivity index (χ2v) is 1.63. The minimum Gasteiger partial charge on any atom is -0.394 e. The maximum atomic E-state index is 3.00. The average Bonchev–Trinajstić information content (AvgIpc) is 1.89. The van der Waals surface area contributed by atoms with Crippen LogP contribution < -0.4 is 10.6 Å². The van der Waals surface area contributed by atoms with Crippen molar-refractivity contribution in [1.82, 2.24) is 10.6 Å². The highest BCUT2D eigenvalue weighted by Gasteiger charge is 1.65. The topological polar surface area (TPSA) is 24.1 Å². The van der Waals surface area contributed by atoms with Crippen molar-refractivity contribution < 1.29 is 0 Å². The lowest BCUT2D eigenvalue weighted by molar-refractivity contribution is 0.919. The van der Waals surface area contributed by atoms with Gasteiger partial charge in [0, 0.05) is 13.6 Å². The van der Waals surface area contributed by atoms with Crippen molar-refractivity contribution in [1.29, 1.82) is 0 Å². The van der Waals surface area contributed by atoms with Gasteiger partial charge < -0.3 is 10.6 Å². The highest BCUT2D eigenvalue weighted by molar-refractivity contribution is 5.01. The summed E-state index contributed by atoms with van der Waals surface area (Å²) in [5.41, 5.74) is 0. The van der Waals surface area contributed by atoms with Gasteiger partial charge in [-0.1, -0.05) is 12.2 Å². The molecule has 0 atom stereocenters.